The molecule has 0 unspecified atom stereocenters. The average molecular weight is 523 g/mol. The van der Waals surface area contributed by atoms with Crippen molar-refractivity contribution in [3.63, 3.8) is 0 Å². The second-order valence-electron chi connectivity index (χ2n) is 8.94. The van der Waals surface area contributed by atoms with Crippen LogP contribution >= 0.6 is 0 Å². The largest absolute Gasteiger partial charge is 0.433 e. The number of anilines is 1. The van der Waals surface area contributed by atoms with Crippen LogP contribution in [-0.2, 0) is 12.7 Å². The molecule has 5 rings (SSSR count). The lowest BCUT2D eigenvalue weighted by molar-refractivity contribution is -0.142. The van der Waals surface area contributed by atoms with Crippen molar-refractivity contribution in [2.75, 3.05) is 5.32 Å². The highest BCUT2D eigenvalue weighted by Gasteiger charge is 2.36. The van der Waals surface area contributed by atoms with E-state index in [0.29, 0.717) is 10.1 Å². The summed E-state index contributed by atoms with van der Waals surface area (Å²) in [6.07, 6.45) is -2.35. The minimum absolute atomic E-state index is 0.0522. The van der Waals surface area contributed by atoms with Gasteiger partial charge in [0.05, 0.1) is 18.4 Å². The number of nitrogens with zero attached hydrogens (tertiary/aromatic N) is 6. The van der Waals surface area contributed by atoms with Crippen LogP contribution in [-0.4, -0.2) is 35.3 Å². The van der Waals surface area contributed by atoms with Crippen molar-refractivity contribution >= 4 is 17.5 Å². The van der Waals surface area contributed by atoms with E-state index in [1.807, 2.05) is 26.0 Å². The maximum atomic E-state index is 13.9. The lowest BCUT2D eigenvalue weighted by atomic mass is 10.0. The van der Waals surface area contributed by atoms with Gasteiger partial charge < -0.3 is 0 Å². The molecule has 0 spiro atoms. The number of nitrogens with one attached hydrogen (secondary N) is 1. The second kappa shape index (κ2) is 9.69. The van der Waals surface area contributed by atoms with E-state index in [-0.39, 0.29) is 41.1 Å². The van der Waals surface area contributed by atoms with Gasteiger partial charge in [-0.15, -0.1) is 5.10 Å². The molecule has 194 valence electrons. The van der Waals surface area contributed by atoms with Crippen molar-refractivity contribution in [2.24, 2.45) is 0 Å². The van der Waals surface area contributed by atoms with Crippen molar-refractivity contribution in [3.8, 4) is 11.3 Å². The molecule has 0 saturated carbocycles. The van der Waals surface area contributed by atoms with E-state index in [2.05, 4.69) is 25.5 Å². The minimum atomic E-state index is -4.74. The molecule has 1 amide bonds. The number of benzene rings is 2. The molecule has 5 aromatic rings. The highest BCUT2D eigenvalue weighted by molar-refractivity contribution is 6.07. The normalized spacial score (nSPS) is 11.9. The van der Waals surface area contributed by atoms with E-state index in [1.165, 1.54) is 23.1 Å². The fourth-order valence-electron chi connectivity index (χ4n) is 3.89. The van der Waals surface area contributed by atoms with Gasteiger partial charge in [-0.3, -0.25) is 10.1 Å². The Balaban J connectivity index is 1.45. The molecular formula is C26H21F4N7O. The Morgan fingerprint density at radius 2 is 1.76 bits per heavy atom. The minimum Gasteiger partial charge on any atom is -0.289 e. The first-order valence-electron chi connectivity index (χ1n) is 11.6. The van der Waals surface area contributed by atoms with E-state index in [9.17, 15) is 22.4 Å². The van der Waals surface area contributed by atoms with Crippen molar-refractivity contribution in [3.05, 3.63) is 95.3 Å². The zero-order chi connectivity index (χ0) is 27.0. The SMILES string of the molecule is CC(C)c1ccc(-c2cc(C(F)(F)F)n3ncc(C(=O)Nc4ncn(Cc5ccc(F)cc5)n4)c3n2)cc1. The van der Waals surface area contributed by atoms with Gasteiger partial charge in [-0.05, 0) is 35.2 Å². The Morgan fingerprint density at radius 3 is 2.42 bits per heavy atom. The van der Waals surface area contributed by atoms with E-state index >= 15 is 0 Å². The molecule has 0 saturated heterocycles. The molecule has 12 heteroatoms. The van der Waals surface area contributed by atoms with Crippen molar-refractivity contribution in [1.29, 1.82) is 0 Å². The standard InChI is InChI=1S/C26H21F4N7O/c1-15(2)17-5-7-18(8-6-17)21-11-22(26(28,29)30)37-23(33-21)20(12-32-37)24(38)34-25-31-14-36(35-25)13-16-3-9-19(27)10-4-16/h3-12,14-15H,13H2,1-2H3,(H,34,35,38). The fraction of sp³-hybridized carbons (Fsp3) is 0.192. The van der Waals surface area contributed by atoms with Crippen LogP contribution < -0.4 is 5.32 Å². The third kappa shape index (κ3) is 5.10. The van der Waals surface area contributed by atoms with Crippen LogP contribution in [0.2, 0.25) is 0 Å². The van der Waals surface area contributed by atoms with Gasteiger partial charge in [0.15, 0.2) is 11.3 Å². The van der Waals surface area contributed by atoms with Gasteiger partial charge >= 0.3 is 6.18 Å². The molecule has 1 N–H and O–H groups in total. The summed E-state index contributed by atoms with van der Waals surface area (Å²) in [5.41, 5.74) is 0.812. The number of halogens is 4. The van der Waals surface area contributed by atoms with Crippen LogP contribution in [0, 0.1) is 5.82 Å². The van der Waals surface area contributed by atoms with E-state index in [1.54, 1.807) is 24.3 Å². The summed E-state index contributed by atoms with van der Waals surface area (Å²) in [4.78, 5) is 21.4. The Kier molecular flexibility index (Phi) is 6.39. The fourth-order valence-corrected chi connectivity index (χ4v) is 3.89. The number of amides is 1. The second-order valence-corrected chi connectivity index (χ2v) is 8.94. The van der Waals surface area contributed by atoms with E-state index in [0.717, 1.165) is 23.4 Å². The lowest BCUT2D eigenvalue weighted by Gasteiger charge is -2.12. The summed E-state index contributed by atoms with van der Waals surface area (Å²) in [7, 11) is 0. The smallest absolute Gasteiger partial charge is 0.289 e. The predicted octanol–water partition coefficient (Wildman–Crippen LogP) is 5.57. The zero-order valence-corrected chi connectivity index (χ0v) is 20.2. The van der Waals surface area contributed by atoms with Gasteiger partial charge in [0, 0.05) is 5.56 Å². The Bertz CT molecular complexity index is 1600. The summed E-state index contributed by atoms with van der Waals surface area (Å²) in [5, 5.41) is 10.4. The maximum Gasteiger partial charge on any atom is 0.433 e. The molecule has 38 heavy (non-hydrogen) atoms. The highest BCUT2D eigenvalue weighted by Crippen LogP contribution is 2.33. The summed E-state index contributed by atoms with van der Waals surface area (Å²) in [6, 6.07) is 13.8. The molecule has 8 nitrogen and oxygen atoms in total. The highest BCUT2D eigenvalue weighted by atomic mass is 19.4. The Morgan fingerprint density at radius 1 is 1.05 bits per heavy atom. The molecule has 0 aliphatic rings. The molecule has 0 atom stereocenters. The molecule has 3 aromatic heterocycles. The summed E-state index contributed by atoms with van der Waals surface area (Å²) in [5.74, 6) is -0.949. The zero-order valence-electron chi connectivity index (χ0n) is 20.2. The van der Waals surface area contributed by atoms with Crippen LogP contribution in [0.3, 0.4) is 0 Å². The number of carbonyl (C=O) groups excluding carboxylic acids is 1. The predicted molar refractivity (Wildman–Crippen MR) is 131 cm³/mol. The number of aromatic nitrogens is 6. The number of alkyl halides is 3. The van der Waals surface area contributed by atoms with Crippen molar-refractivity contribution < 1.29 is 22.4 Å². The number of carbonyl (C=O) groups is 1. The molecular weight excluding hydrogens is 502 g/mol. The molecule has 0 aliphatic carbocycles. The Hall–Kier alpha value is -4.61. The maximum absolute atomic E-state index is 13.9. The molecule has 3 heterocycles. The molecule has 0 radical (unpaired) electrons. The number of hydrogen-bond donors (Lipinski definition) is 1. The van der Waals surface area contributed by atoms with Gasteiger partial charge in [-0.1, -0.05) is 50.2 Å². The molecule has 0 aliphatic heterocycles. The Labute approximate surface area is 214 Å². The monoisotopic (exact) mass is 523 g/mol. The van der Waals surface area contributed by atoms with E-state index in [4.69, 9.17) is 0 Å². The van der Waals surface area contributed by atoms with Gasteiger partial charge in [0.25, 0.3) is 5.91 Å². The molecule has 0 fully saturated rings. The van der Waals surface area contributed by atoms with Crippen LogP contribution in [0.15, 0.2) is 67.1 Å². The first kappa shape index (κ1) is 25.1. The first-order valence-corrected chi connectivity index (χ1v) is 11.6. The lowest BCUT2D eigenvalue weighted by Crippen LogP contribution is -2.16. The quantitative estimate of drug-likeness (QED) is 0.294. The molecule has 0 bridgehead atoms. The first-order chi connectivity index (χ1) is 18.1. The number of hydrogen-bond acceptors (Lipinski definition) is 5. The van der Waals surface area contributed by atoms with Gasteiger partial charge in [-0.2, -0.15) is 18.3 Å². The van der Waals surface area contributed by atoms with Crippen LogP contribution in [0.1, 0.15) is 46.9 Å². The van der Waals surface area contributed by atoms with Gasteiger partial charge in [0.1, 0.15) is 17.7 Å². The third-order valence-electron chi connectivity index (χ3n) is 5.90. The van der Waals surface area contributed by atoms with Crippen molar-refractivity contribution in [1.82, 2.24) is 29.4 Å². The molecule has 2 aromatic carbocycles. The average Bonchev–Trinajstić information content (AvgIpc) is 3.51. The third-order valence-corrected chi connectivity index (χ3v) is 5.90. The summed E-state index contributed by atoms with van der Waals surface area (Å²) < 4.78 is 56.9. The van der Waals surface area contributed by atoms with E-state index < -0.39 is 17.8 Å². The van der Waals surface area contributed by atoms with Crippen LogP contribution in [0.4, 0.5) is 23.5 Å². The van der Waals surface area contributed by atoms with Crippen molar-refractivity contribution in [2.45, 2.75) is 32.5 Å². The number of rotatable bonds is 6. The topological polar surface area (TPSA) is 90.0 Å². The summed E-state index contributed by atoms with van der Waals surface area (Å²) >= 11 is 0. The number of fused-ring (bicyclic) bond motifs is 1. The summed E-state index contributed by atoms with van der Waals surface area (Å²) in [6.45, 7) is 4.30. The van der Waals surface area contributed by atoms with Crippen LogP contribution in [0.5, 0.6) is 0 Å². The van der Waals surface area contributed by atoms with Crippen LogP contribution in [0.25, 0.3) is 16.9 Å². The van der Waals surface area contributed by atoms with Gasteiger partial charge in [-0.25, -0.2) is 23.6 Å². The van der Waals surface area contributed by atoms with Gasteiger partial charge in [0.2, 0.25) is 5.95 Å².